The molecule has 3 rings (SSSR count). The lowest BCUT2D eigenvalue weighted by Crippen LogP contribution is -2.47. The van der Waals surface area contributed by atoms with Crippen molar-refractivity contribution in [3.05, 3.63) is 41.7 Å². The van der Waals surface area contributed by atoms with Crippen LogP contribution < -0.4 is 0 Å². The lowest BCUT2D eigenvalue weighted by atomic mass is 9.78. The van der Waals surface area contributed by atoms with Crippen molar-refractivity contribution in [2.45, 2.75) is 25.7 Å². The number of aliphatic hydroxyl groups excluding tert-OH is 1. The maximum atomic E-state index is 12.9. The molecule has 0 saturated carbocycles. The van der Waals surface area contributed by atoms with Crippen LogP contribution in [0.1, 0.15) is 31.2 Å². The van der Waals surface area contributed by atoms with Crippen LogP contribution in [0, 0.1) is 11.2 Å². The van der Waals surface area contributed by atoms with Crippen molar-refractivity contribution in [3.63, 3.8) is 0 Å². The summed E-state index contributed by atoms with van der Waals surface area (Å²) in [4.78, 5) is 4.97. The summed E-state index contributed by atoms with van der Waals surface area (Å²) in [6.45, 7) is 6.77. The molecule has 24 heavy (non-hydrogen) atoms. The van der Waals surface area contributed by atoms with E-state index >= 15 is 0 Å². The van der Waals surface area contributed by atoms with E-state index in [0.717, 1.165) is 44.6 Å². The van der Waals surface area contributed by atoms with Crippen LogP contribution in [0.3, 0.4) is 0 Å². The molecule has 2 aliphatic rings. The van der Waals surface area contributed by atoms with E-state index in [2.05, 4.69) is 22.0 Å². The van der Waals surface area contributed by atoms with Gasteiger partial charge < -0.3 is 10.0 Å². The topological polar surface area (TPSA) is 26.7 Å². The highest BCUT2D eigenvalue weighted by atomic mass is 19.1. The van der Waals surface area contributed by atoms with E-state index in [1.165, 1.54) is 38.1 Å². The Kier molecular flexibility index (Phi) is 6.04. The predicted octanol–water partition coefficient (Wildman–Crippen LogP) is 3.01. The lowest BCUT2D eigenvalue weighted by molar-refractivity contribution is 0.0218. The Morgan fingerprint density at radius 1 is 1.00 bits per heavy atom. The fraction of sp³-hybridized carbons (Fsp3) is 0.600. The molecule has 0 spiro atoms. The summed E-state index contributed by atoms with van der Waals surface area (Å²) < 4.78 is 12.9. The van der Waals surface area contributed by atoms with E-state index in [1.807, 2.05) is 0 Å². The van der Waals surface area contributed by atoms with Crippen molar-refractivity contribution in [2.24, 2.45) is 5.41 Å². The van der Waals surface area contributed by atoms with Crippen molar-refractivity contribution >= 4 is 6.08 Å². The van der Waals surface area contributed by atoms with Crippen molar-refractivity contribution in [1.82, 2.24) is 9.80 Å². The fourth-order valence-corrected chi connectivity index (χ4v) is 3.90. The Morgan fingerprint density at radius 3 is 2.29 bits per heavy atom. The zero-order valence-corrected chi connectivity index (χ0v) is 14.5. The molecule has 0 amide bonds. The third-order valence-electron chi connectivity index (χ3n) is 5.55. The summed E-state index contributed by atoms with van der Waals surface area (Å²) in [7, 11) is 0. The summed E-state index contributed by atoms with van der Waals surface area (Å²) in [6.07, 6.45) is 8.97. The van der Waals surface area contributed by atoms with Crippen molar-refractivity contribution in [3.8, 4) is 0 Å². The molecule has 0 aliphatic carbocycles. The van der Waals surface area contributed by atoms with Gasteiger partial charge in [0.1, 0.15) is 5.82 Å². The van der Waals surface area contributed by atoms with Crippen LogP contribution in [0.5, 0.6) is 0 Å². The second-order valence-corrected chi connectivity index (χ2v) is 7.40. The van der Waals surface area contributed by atoms with Gasteiger partial charge in [-0.1, -0.05) is 24.3 Å². The first-order valence-corrected chi connectivity index (χ1v) is 9.17. The lowest BCUT2D eigenvalue weighted by Gasteiger charge is -2.42. The molecule has 1 aromatic carbocycles. The second kappa shape index (κ2) is 8.24. The van der Waals surface area contributed by atoms with Crippen molar-refractivity contribution in [1.29, 1.82) is 0 Å². The molecule has 2 saturated heterocycles. The van der Waals surface area contributed by atoms with Crippen LogP contribution in [0.25, 0.3) is 6.08 Å². The van der Waals surface area contributed by atoms with Gasteiger partial charge in [-0.15, -0.1) is 0 Å². The zero-order valence-electron chi connectivity index (χ0n) is 14.5. The van der Waals surface area contributed by atoms with Gasteiger partial charge in [-0.2, -0.15) is 0 Å². The van der Waals surface area contributed by atoms with Gasteiger partial charge in [0.2, 0.25) is 0 Å². The molecule has 0 aromatic heterocycles. The van der Waals surface area contributed by atoms with E-state index in [-0.39, 0.29) is 11.2 Å². The Hall–Kier alpha value is -1.23. The van der Waals surface area contributed by atoms with E-state index < -0.39 is 0 Å². The van der Waals surface area contributed by atoms with Gasteiger partial charge >= 0.3 is 0 Å². The number of rotatable bonds is 6. The number of likely N-dealkylation sites (tertiary alicyclic amines) is 2. The van der Waals surface area contributed by atoms with Crippen LogP contribution in [0.2, 0.25) is 0 Å². The van der Waals surface area contributed by atoms with E-state index in [0.29, 0.717) is 6.61 Å². The molecule has 0 atom stereocenters. The Morgan fingerprint density at radius 2 is 1.67 bits per heavy atom. The van der Waals surface area contributed by atoms with Crippen LogP contribution in [0.15, 0.2) is 30.3 Å². The minimum Gasteiger partial charge on any atom is -0.396 e. The number of nitrogens with zero attached hydrogens (tertiary/aromatic N) is 2. The molecule has 1 aromatic rings. The quantitative estimate of drug-likeness (QED) is 0.867. The molecule has 2 heterocycles. The maximum absolute atomic E-state index is 12.9. The van der Waals surface area contributed by atoms with Gasteiger partial charge in [0.25, 0.3) is 0 Å². The van der Waals surface area contributed by atoms with Crippen molar-refractivity contribution < 1.29 is 9.50 Å². The number of hydrogen-bond donors (Lipinski definition) is 1. The zero-order chi connectivity index (χ0) is 16.8. The fourth-order valence-electron chi connectivity index (χ4n) is 3.90. The summed E-state index contributed by atoms with van der Waals surface area (Å²) >= 11 is 0. The average Bonchev–Trinajstić information content (AvgIpc) is 3.11. The summed E-state index contributed by atoms with van der Waals surface area (Å²) in [5.41, 5.74) is 1.13. The van der Waals surface area contributed by atoms with E-state index in [1.54, 1.807) is 12.1 Å². The number of hydrogen-bond acceptors (Lipinski definition) is 3. The number of piperidine rings is 1. The second-order valence-electron chi connectivity index (χ2n) is 7.40. The van der Waals surface area contributed by atoms with Gasteiger partial charge in [-0.3, -0.25) is 4.90 Å². The normalized spacial score (nSPS) is 22.4. The smallest absolute Gasteiger partial charge is 0.123 e. The average molecular weight is 332 g/mol. The first-order valence-electron chi connectivity index (χ1n) is 9.17. The molecule has 2 aliphatic heterocycles. The molecular weight excluding hydrogens is 303 g/mol. The molecule has 0 unspecified atom stereocenters. The third-order valence-corrected chi connectivity index (χ3v) is 5.55. The SMILES string of the molecule is OCC1(CN2CCCC2)CCN(C/C=C/c2ccc(F)cc2)CC1. The van der Waals surface area contributed by atoms with Crippen LogP contribution in [-0.2, 0) is 0 Å². The van der Waals surface area contributed by atoms with Crippen molar-refractivity contribution in [2.75, 3.05) is 45.9 Å². The first-order chi connectivity index (χ1) is 11.7. The summed E-state index contributed by atoms with van der Waals surface area (Å²) in [5, 5.41) is 9.95. The number of aliphatic hydroxyl groups is 1. The van der Waals surface area contributed by atoms with E-state index in [9.17, 15) is 9.50 Å². The minimum atomic E-state index is -0.193. The predicted molar refractivity (Wildman–Crippen MR) is 96.3 cm³/mol. The van der Waals surface area contributed by atoms with Gasteiger partial charge in [-0.25, -0.2) is 4.39 Å². The standard InChI is InChI=1S/C20H29FN2O/c21-19-7-5-18(6-8-19)4-3-13-22-14-9-20(17-24,10-15-22)16-23-11-1-2-12-23/h3-8,24H,1-2,9-17H2/b4-3+. The van der Waals surface area contributed by atoms with Crippen LogP contribution in [0.4, 0.5) is 4.39 Å². The molecule has 1 N–H and O–H groups in total. The molecular formula is C20H29FN2O. The van der Waals surface area contributed by atoms with Gasteiger partial charge in [0.15, 0.2) is 0 Å². The van der Waals surface area contributed by atoms with Gasteiger partial charge in [0, 0.05) is 18.5 Å². The highest BCUT2D eigenvalue weighted by Crippen LogP contribution is 2.33. The third kappa shape index (κ3) is 4.65. The molecule has 2 fully saturated rings. The molecule has 0 radical (unpaired) electrons. The maximum Gasteiger partial charge on any atom is 0.123 e. The monoisotopic (exact) mass is 332 g/mol. The van der Waals surface area contributed by atoms with Crippen LogP contribution >= 0.6 is 0 Å². The largest absolute Gasteiger partial charge is 0.396 e. The highest BCUT2D eigenvalue weighted by Gasteiger charge is 2.35. The number of halogens is 1. The summed E-state index contributed by atoms with van der Waals surface area (Å²) in [6, 6.07) is 6.59. The Labute approximate surface area is 144 Å². The van der Waals surface area contributed by atoms with E-state index in [4.69, 9.17) is 0 Å². The number of benzene rings is 1. The Bertz CT molecular complexity index is 529. The first kappa shape index (κ1) is 17.6. The van der Waals surface area contributed by atoms with Gasteiger partial charge in [-0.05, 0) is 69.6 Å². The summed E-state index contributed by atoms with van der Waals surface area (Å²) in [5.74, 6) is -0.193. The van der Waals surface area contributed by atoms with Gasteiger partial charge in [0.05, 0.1) is 6.61 Å². The molecule has 3 nitrogen and oxygen atoms in total. The molecule has 0 bridgehead atoms. The minimum absolute atomic E-state index is 0.0987. The molecule has 132 valence electrons. The molecule has 4 heteroatoms. The highest BCUT2D eigenvalue weighted by molar-refractivity contribution is 5.48. The Balaban J connectivity index is 1.46. The van der Waals surface area contributed by atoms with Crippen LogP contribution in [-0.4, -0.2) is 60.8 Å².